The molecule has 1 aromatic carbocycles. The first-order valence-electron chi connectivity index (χ1n) is 6.40. The molecule has 9 heteroatoms. The fourth-order valence-electron chi connectivity index (χ4n) is 2.15. The molecule has 122 valence electrons. The van der Waals surface area contributed by atoms with Crippen LogP contribution in [0.5, 0.6) is 17.4 Å². The summed E-state index contributed by atoms with van der Waals surface area (Å²) >= 11 is 3.28. The Balaban J connectivity index is 2.92. The fourth-order valence-corrected chi connectivity index (χ4v) is 2.58. The Labute approximate surface area is 139 Å². The van der Waals surface area contributed by atoms with Crippen LogP contribution in [-0.2, 0) is 10.1 Å². The number of carbonyl (C=O) groups excluding carboxylic acids is 1. The summed E-state index contributed by atoms with van der Waals surface area (Å²) in [5, 5.41) is 12.5. The van der Waals surface area contributed by atoms with Crippen LogP contribution < -0.4 is 14.2 Å². The minimum Gasteiger partial charge on any atom is -0.493 e. The Kier molecular flexibility index (Phi) is 4.99. The highest BCUT2D eigenvalue weighted by Crippen LogP contribution is 2.41. The van der Waals surface area contributed by atoms with Crippen molar-refractivity contribution in [3.05, 3.63) is 27.9 Å². The number of rotatable bonds is 5. The van der Waals surface area contributed by atoms with E-state index in [1.54, 1.807) is 6.07 Å². The summed E-state index contributed by atoms with van der Waals surface area (Å²) in [4.78, 5) is 26.1. The number of fused-ring (bicyclic) bond motifs is 1. The number of carbonyl (C=O) groups is 1. The SMILES string of the molecule is COc1cc2c(CBr)nc(OC(C)=O)c([N+](=O)[O-])c2cc1OC. The topological polar surface area (TPSA) is 101 Å². The van der Waals surface area contributed by atoms with Crippen molar-refractivity contribution in [3.8, 4) is 17.4 Å². The van der Waals surface area contributed by atoms with Crippen molar-refractivity contribution in [1.29, 1.82) is 0 Å². The van der Waals surface area contributed by atoms with Gasteiger partial charge in [-0.3, -0.25) is 14.9 Å². The third-order valence-electron chi connectivity index (χ3n) is 3.08. The maximum absolute atomic E-state index is 11.5. The highest BCUT2D eigenvalue weighted by molar-refractivity contribution is 9.08. The van der Waals surface area contributed by atoms with Gasteiger partial charge in [0.05, 0.1) is 30.2 Å². The second kappa shape index (κ2) is 6.78. The second-order valence-electron chi connectivity index (χ2n) is 4.45. The van der Waals surface area contributed by atoms with Gasteiger partial charge in [-0.05, 0) is 12.1 Å². The molecule has 0 N–H and O–H groups in total. The molecule has 23 heavy (non-hydrogen) atoms. The molecule has 0 aliphatic carbocycles. The summed E-state index contributed by atoms with van der Waals surface area (Å²) in [5.41, 5.74) is 0.0728. The van der Waals surface area contributed by atoms with Crippen LogP contribution in [0.15, 0.2) is 12.1 Å². The molecule has 0 atom stereocenters. The van der Waals surface area contributed by atoms with Crippen LogP contribution in [0.1, 0.15) is 12.6 Å². The van der Waals surface area contributed by atoms with Gasteiger partial charge in [0.25, 0.3) is 0 Å². The lowest BCUT2D eigenvalue weighted by atomic mass is 10.1. The number of halogens is 1. The average Bonchev–Trinajstić information content (AvgIpc) is 2.51. The lowest BCUT2D eigenvalue weighted by Gasteiger charge is -2.12. The van der Waals surface area contributed by atoms with Gasteiger partial charge in [0, 0.05) is 17.6 Å². The molecule has 1 heterocycles. The Morgan fingerprint density at radius 2 is 1.83 bits per heavy atom. The van der Waals surface area contributed by atoms with Crippen LogP contribution in [0.4, 0.5) is 5.69 Å². The number of hydrogen-bond donors (Lipinski definition) is 0. The van der Waals surface area contributed by atoms with Gasteiger partial charge in [-0.1, -0.05) is 15.9 Å². The van der Waals surface area contributed by atoms with Crippen LogP contribution in [-0.4, -0.2) is 30.1 Å². The standard InChI is InChI=1S/C14H13BrN2O6/c1-7(18)23-14-13(17(19)20)9-5-12(22-3)11(21-2)4-8(9)10(6-15)16-14/h4-5H,6H2,1-3H3. The Morgan fingerprint density at radius 3 is 2.26 bits per heavy atom. The number of pyridine rings is 1. The van der Waals surface area contributed by atoms with E-state index in [1.807, 2.05) is 0 Å². The quantitative estimate of drug-likeness (QED) is 0.338. The number of esters is 1. The first-order valence-corrected chi connectivity index (χ1v) is 7.52. The molecule has 8 nitrogen and oxygen atoms in total. The van der Waals surface area contributed by atoms with Gasteiger partial charge in [0.1, 0.15) is 0 Å². The number of aromatic nitrogens is 1. The second-order valence-corrected chi connectivity index (χ2v) is 5.01. The highest BCUT2D eigenvalue weighted by atomic mass is 79.9. The highest BCUT2D eigenvalue weighted by Gasteiger charge is 2.27. The molecule has 2 aromatic rings. The van der Waals surface area contributed by atoms with Crippen molar-refractivity contribution in [3.63, 3.8) is 0 Å². The van der Waals surface area contributed by atoms with Gasteiger partial charge in [0.15, 0.2) is 11.5 Å². The maximum Gasteiger partial charge on any atom is 0.339 e. The fraction of sp³-hybridized carbons (Fsp3) is 0.286. The van der Waals surface area contributed by atoms with E-state index >= 15 is 0 Å². The minimum atomic E-state index is -0.694. The molecular formula is C14H13BrN2O6. The number of methoxy groups -OCH3 is 2. The molecule has 0 aliphatic heterocycles. The number of benzene rings is 1. The molecule has 0 spiro atoms. The van der Waals surface area contributed by atoms with Crippen molar-refractivity contribution >= 4 is 38.4 Å². The van der Waals surface area contributed by atoms with Crippen molar-refractivity contribution < 1.29 is 23.9 Å². The van der Waals surface area contributed by atoms with Gasteiger partial charge in [-0.2, -0.15) is 0 Å². The number of alkyl halides is 1. The number of ether oxygens (including phenoxy) is 3. The van der Waals surface area contributed by atoms with Gasteiger partial charge >= 0.3 is 17.5 Å². The Hall–Kier alpha value is -2.42. The summed E-state index contributed by atoms with van der Waals surface area (Å²) in [6.45, 7) is 1.15. The lowest BCUT2D eigenvalue weighted by molar-refractivity contribution is -0.384. The zero-order valence-electron chi connectivity index (χ0n) is 12.6. The van der Waals surface area contributed by atoms with E-state index < -0.39 is 16.6 Å². The van der Waals surface area contributed by atoms with E-state index in [1.165, 1.54) is 20.3 Å². The van der Waals surface area contributed by atoms with Crippen molar-refractivity contribution in [2.24, 2.45) is 0 Å². The van der Waals surface area contributed by atoms with Crippen molar-refractivity contribution in [2.75, 3.05) is 14.2 Å². The van der Waals surface area contributed by atoms with E-state index in [0.717, 1.165) is 6.92 Å². The first-order chi connectivity index (χ1) is 10.9. The van der Waals surface area contributed by atoms with E-state index in [-0.39, 0.29) is 11.3 Å². The zero-order chi connectivity index (χ0) is 17.1. The molecule has 1 aromatic heterocycles. The molecule has 0 fully saturated rings. The minimum absolute atomic E-state index is 0.244. The van der Waals surface area contributed by atoms with E-state index in [2.05, 4.69) is 20.9 Å². The first kappa shape index (κ1) is 16.9. The van der Waals surface area contributed by atoms with Gasteiger partial charge in [-0.15, -0.1) is 0 Å². The summed E-state index contributed by atoms with van der Waals surface area (Å²) in [6, 6.07) is 3.06. The van der Waals surface area contributed by atoms with Crippen LogP contribution >= 0.6 is 15.9 Å². The molecule has 0 radical (unpaired) electrons. The van der Waals surface area contributed by atoms with Crippen molar-refractivity contribution in [1.82, 2.24) is 4.98 Å². The number of hydrogen-bond acceptors (Lipinski definition) is 7. The predicted molar refractivity (Wildman–Crippen MR) is 85.4 cm³/mol. The predicted octanol–water partition coefficient (Wildman–Crippen LogP) is 2.98. The summed E-state index contributed by atoms with van der Waals surface area (Å²) in [5.74, 6) is -0.306. The lowest BCUT2D eigenvalue weighted by Crippen LogP contribution is -2.08. The van der Waals surface area contributed by atoms with Crippen LogP contribution in [0.3, 0.4) is 0 Å². The van der Waals surface area contributed by atoms with Gasteiger partial charge in [0.2, 0.25) is 0 Å². The molecule has 0 aliphatic rings. The van der Waals surface area contributed by atoms with E-state index in [0.29, 0.717) is 27.9 Å². The molecule has 0 saturated carbocycles. The van der Waals surface area contributed by atoms with Gasteiger partial charge in [-0.25, -0.2) is 4.98 Å². The molecule has 2 rings (SSSR count). The van der Waals surface area contributed by atoms with Crippen LogP contribution in [0.25, 0.3) is 10.8 Å². The van der Waals surface area contributed by atoms with E-state index in [9.17, 15) is 14.9 Å². The summed E-state index contributed by atoms with van der Waals surface area (Å²) in [7, 11) is 2.89. The summed E-state index contributed by atoms with van der Waals surface area (Å²) in [6.07, 6.45) is 0. The zero-order valence-corrected chi connectivity index (χ0v) is 14.2. The third-order valence-corrected chi connectivity index (χ3v) is 3.61. The largest absolute Gasteiger partial charge is 0.493 e. The maximum atomic E-state index is 11.5. The number of nitro groups is 1. The number of nitrogens with zero attached hydrogens (tertiary/aromatic N) is 2. The molecule has 0 unspecified atom stereocenters. The average molecular weight is 385 g/mol. The van der Waals surface area contributed by atoms with Crippen LogP contribution in [0, 0.1) is 10.1 Å². The van der Waals surface area contributed by atoms with Crippen LogP contribution in [0.2, 0.25) is 0 Å². The molecule has 0 bridgehead atoms. The third kappa shape index (κ3) is 3.19. The monoisotopic (exact) mass is 384 g/mol. The molecule has 0 amide bonds. The molecule has 0 saturated heterocycles. The van der Waals surface area contributed by atoms with Gasteiger partial charge < -0.3 is 14.2 Å². The smallest absolute Gasteiger partial charge is 0.339 e. The summed E-state index contributed by atoms with van der Waals surface area (Å²) < 4.78 is 15.3. The molecular weight excluding hydrogens is 372 g/mol. The van der Waals surface area contributed by atoms with E-state index in [4.69, 9.17) is 14.2 Å². The Bertz CT molecular complexity index is 793. The Morgan fingerprint density at radius 1 is 1.26 bits per heavy atom. The normalized spacial score (nSPS) is 10.4. The van der Waals surface area contributed by atoms with Crippen molar-refractivity contribution in [2.45, 2.75) is 12.3 Å².